The van der Waals surface area contributed by atoms with Gasteiger partial charge in [-0.1, -0.05) is 0 Å². The normalized spacial score (nSPS) is 14.6. The van der Waals surface area contributed by atoms with Gasteiger partial charge >= 0.3 is 0 Å². The zero-order valence-corrected chi connectivity index (χ0v) is 18.7. The third-order valence-corrected chi connectivity index (χ3v) is 7.69. The number of aromatic nitrogens is 2. The fourth-order valence-electron chi connectivity index (χ4n) is 3.70. The van der Waals surface area contributed by atoms with Crippen molar-refractivity contribution in [1.29, 1.82) is 0 Å². The minimum atomic E-state index is -3.26. The molecule has 0 radical (unpaired) electrons. The smallest absolute Gasteiger partial charge is 0.262 e. The van der Waals surface area contributed by atoms with E-state index in [1.165, 1.54) is 21.9 Å². The summed E-state index contributed by atoms with van der Waals surface area (Å²) in [5, 5.41) is 0.619. The molecule has 0 unspecified atom stereocenters. The Morgan fingerprint density at radius 2 is 1.87 bits per heavy atom. The Bertz CT molecular complexity index is 1240. The number of hydrogen-bond acceptors (Lipinski definition) is 7. The van der Waals surface area contributed by atoms with Gasteiger partial charge in [-0.05, 0) is 36.1 Å². The lowest BCUT2D eigenvalue weighted by Crippen LogP contribution is -2.34. The van der Waals surface area contributed by atoms with Gasteiger partial charge in [-0.3, -0.25) is 9.36 Å². The van der Waals surface area contributed by atoms with Gasteiger partial charge in [-0.15, -0.1) is 11.3 Å². The van der Waals surface area contributed by atoms with E-state index in [0.717, 1.165) is 16.0 Å². The van der Waals surface area contributed by atoms with Crippen LogP contribution in [0.3, 0.4) is 0 Å². The third-order valence-electron chi connectivity index (χ3n) is 5.31. The second kappa shape index (κ2) is 8.01. The molecule has 2 aromatic heterocycles. The fourth-order valence-corrected chi connectivity index (χ4v) is 5.76. The number of aryl methyl sites for hydroxylation is 2. The van der Waals surface area contributed by atoms with Crippen LogP contribution in [0, 0.1) is 0 Å². The van der Waals surface area contributed by atoms with Crippen LogP contribution in [0.15, 0.2) is 29.3 Å². The van der Waals surface area contributed by atoms with E-state index in [-0.39, 0.29) is 5.56 Å². The van der Waals surface area contributed by atoms with Crippen LogP contribution in [-0.2, 0) is 36.0 Å². The van der Waals surface area contributed by atoms with E-state index < -0.39 is 10.0 Å². The molecule has 1 aliphatic rings. The van der Waals surface area contributed by atoms with Crippen LogP contribution in [0.25, 0.3) is 10.2 Å². The number of fused-ring (bicyclic) bond motifs is 3. The first-order chi connectivity index (χ1) is 14.3. The van der Waals surface area contributed by atoms with Crippen LogP contribution >= 0.6 is 11.3 Å². The zero-order chi connectivity index (χ0) is 21.5. The average Bonchev–Trinajstić information content (AvgIpc) is 3.10. The Morgan fingerprint density at radius 1 is 1.17 bits per heavy atom. The number of nitrogens with zero attached hydrogens (tertiary/aromatic N) is 3. The van der Waals surface area contributed by atoms with Gasteiger partial charge in [0, 0.05) is 30.6 Å². The Morgan fingerprint density at radius 3 is 2.50 bits per heavy atom. The fraction of sp³-hybridized carbons (Fsp3) is 0.400. The molecule has 3 heterocycles. The summed E-state index contributed by atoms with van der Waals surface area (Å²) in [6, 6.07) is 5.65. The molecule has 1 aromatic carbocycles. The van der Waals surface area contributed by atoms with E-state index in [4.69, 9.17) is 9.47 Å². The quantitative estimate of drug-likeness (QED) is 0.572. The van der Waals surface area contributed by atoms with Crippen LogP contribution < -0.4 is 15.0 Å². The predicted octanol–water partition coefficient (Wildman–Crippen LogP) is 2.04. The molecule has 0 amide bonds. The summed E-state index contributed by atoms with van der Waals surface area (Å²) in [5.41, 5.74) is 1.85. The summed E-state index contributed by atoms with van der Waals surface area (Å²) in [6.07, 6.45) is 3.92. The highest BCUT2D eigenvalue weighted by Gasteiger charge is 2.28. The molecule has 8 nitrogen and oxygen atoms in total. The Kier molecular flexibility index (Phi) is 5.56. The molecule has 0 aliphatic carbocycles. The van der Waals surface area contributed by atoms with E-state index in [1.54, 1.807) is 31.2 Å². The maximum Gasteiger partial charge on any atom is 0.262 e. The minimum Gasteiger partial charge on any atom is -0.497 e. The van der Waals surface area contributed by atoms with Gasteiger partial charge in [0.05, 0.1) is 32.2 Å². The molecule has 10 heteroatoms. The van der Waals surface area contributed by atoms with Crippen LogP contribution in [0.2, 0.25) is 0 Å². The Labute approximate surface area is 178 Å². The lowest BCUT2D eigenvalue weighted by Gasteiger charge is -2.24. The highest BCUT2D eigenvalue weighted by molar-refractivity contribution is 7.88. The molecule has 0 saturated carbocycles. The maximum atomic E-state index is 13.2. The number of benzene rings is 1. The summed E-state index contributed by atoms with van der Waals surface area (Å²) in [7, 11) is -0.0540. The lowest BCUT2D eigenvalue weighted by atomic mass is 10.1. The Balaban J connectivity index is 1.63. The van der Waals surface area contributed by atoms with Crippen molar-refractivity contribution < 1.29 is 17.9 Å². The molecule has 0 spiro atoms. The monoisotopic (exact) mass is 449 g/mol. The number of thiophene rings is 1. The van der Waals surface area contributed by atoms with Gasteiger partial charge in [0.2, 0.25) is 10.0 Å². The molecule has 0 bridgehead atoms. The Hall–Kier alpha value is -2.43. The van der Waals surface area contributed by atoms with E-state index in [0.29, 0.717) is 54.2 Å². The number of rotatable bonds is 6. The van der Waals surface area contributed by atoms with Gasteiger partial charge in [-0.25, -0.2) is 13.4 Å². The van der Waals surface area contributed by atoms with E-state index in [1.807, 2.05) is 12.1 Å². The molecule has 0 atom stereocenters. The van der Waals surface area contributed by atoms with Gasteiger partial charge in [0.25, 0.3) is 5.56 Å². The van der Waals surface area contributed by atoms with Crippen molar-refractivity contribution in [1.82, 2.24) is 13.9 Å². The second-order valence-electron chi connectivity index (χ2n) is 7.24. The zero-order valence-electron chi connectivity index (χ0n) is 17.0. The molecular formula is C20H23N3O5S2. The first-order valence-corrected chi connectivity index (χ1v) is 12.1. The second-order valence-corrected chi connectivity index (χ2v) is 10.3. The molecule has 160 valence electrons. The average molecular weight is 450 g/mol. The summed E-state index contributed by atoms with van der Waals surface area (Å²) in [4.78, 5) is 19.2. The summed E-state index contributed by atoms with van der Waals surface area (Å²) >= 11 is 1.40. The molecular weight excluding hydrogens is 426 g/mol. The molecule has 3 aromatic rings. The molecule has 30 heavy (non-hydrogen) atoms. The number of methoxy groups -OCH3 is 2. The van der Waals surface area contributed by atoms with Crippen LogP contribution in [0.5, 0.6) is 11.5 Å². The minimum absolute atomic E-state index is 0.0832. The number of hydrogen-bond donors (Lipinski definition) is 0. The van der Waals surface area contributed by atoms with Gasteiger partial charge < -0.3 is 9.47 Å². The summed E-state index contributed by atoms with van der Waals surface area (Å²) in [5.74, 6) is 1.40. The molecule has 4 rings (SSSR count). The van der Waals surface area contributed by atoms with Gasteiger partial charge in [0.15, 0.2) is 0 Å². The first kappa shape index (κ1) is 20.8. The van der Waals surface area contributed by atoms with Crippen LogP contribution in [0.4, 0.5) is 0 Å². The van der Waals surface area contributed by atoms with Crippen molar-refractivity contribution in [2.24, 2.45) is 0 Å². The molecule has 0 N–H and O–H groups in total. The molecule has 0 saturated heterocycles. The van der Waals surface area contributed by atoms with E-state index >= 15 is 0 Å². The SMILES string of the molecule is COc1cc(CCn2cnc3sc4c(c3c2=O)CCN(S(C)(=O)=O)C4)cc(OC)c1. The predicted molar refractivity (Wildman–Crippen MR) is 116 cm³/mol. The summed E-state index contributed by atoms with van der Waals surface area (Å²) < 4.78 is 37.4. The van der Waals surface area contributed by atoms with Crippen molar-refractivity contribution in [2.75, 3.05) is 27.0 Å². The van der Waals surface area contributed by atoms with Crippen LogP contribution in [-0.4, -0.2) is 49.3 Å². The lowest BCUT2D eigenvalue weighted by molar-refractivity contribution is 0.393. The van der Waals surface area contributed by atoms with Crippen LogP contribution in [0.1, 0.15) is 16.0 Å². The number of sulfonamides is 1. The van der Waals surface area contributed by atoms with Crippen molar-refractivity contribution in [2.45, 2.75) is 25.9 Å². The third kappa shape index (κ3) is 3.94. The molecule has 0 fully saturated rings. The van der Waals surface area contributed by atoms with Crippen molar-refractivity contribution >= 4 is 31.6 Å². The standard InChI is InChI=1S/C20H23N3O5S2/c1-27-14-8-13(9-15(10-14)28-2)4-6-22-12-21-19-18(20(22)24)16-5-7-23(30(3,25)26)11-17(16)29-19/h8-10,12H,4-7,11H2,1-3H3. The maximum absolute atomic E-state index is 13.2. The van der Waals surface area contributed by atoms with Gasteiger partial charge in [-0.2, -0.15) is 4.31 Å². The first-order valence-electron chi connectivity index (χ1n) is 9.47. The summed E-state index contributed by atoms with van der Waals surface area (Å²) in [6.45, 7) is 1.16. The number of ether oxygens (including phenoxy) is 2. The molecule has 1 aliphatic heterocycles. The van der Waals surface area contributed by atoms with E-state index in [9.17, 15) is 13.2 Å². The largest absolute Gasteiger partial charge is 0.497 e. The van der Waals surface area contributed by atoms with E-state index in [2.05, 4.69) is 4.98 Å². The highest BCUT2D eigenvalue weighted by atomic mass is 32.2. The van der Waals surface area contributed by atoms with Crippen molar-refractivity contribution in [3.8, 4) is 11.5 Å². The topological polar surface area (TPSA) is 90.7 Å². The van der Waals surface area contributed by atoms with Crippen molar-refractivity contribution in [3.63, 3.8) is 0 Å². The van der Waals surface area contributed by atoms with Crippen molar-refractivity contribution in [3.05, 3.63) is 50.9 Å². The highest BCUT2D eigenvalue weighted by Crippen LogP contribution is 2.33. The van der Waals surface area contributed by atoms with Gasteiger partial charge in [0.1, 0.15) is 16.3 Å².